The molecule has 14 heteroatoms. The Morgan fingerprint density at radius 2 is 1.30 bits per heavy atom. The van der Waals surface area contributed by atoms with Crippen molar-refractivity contribution in [1.29, 1.82) is 0 Å². The van der Waals surface area contributed by atoms with E-state index in [1.807, 2.05) is 0 Å². The minimum absolute atomic E-state index is 0.000686. The van der Waals surface area contributed by atoms with Crippen LogP contribution >= 0.6 is 0 Å². The van der Waals surface area contributed by atoms with Gasteiger partial charge in [-0.25, -0.2) is 31.8 Å². The molecule has 4 rings (SSSR count). The number of hydrogen-bond acceptors (Lipinski definition) is 9. The maximum Gasteiger partial charge on any atom is 0.240 e. The average Bonchev–Trinajstić information content (AvgIpc) is 3.31. The Morgan fingerprint density at radius 1 is 0.757 bits per heavy atom. The number of nitrogens with two attached hydrogens (primary N) is 2. The standard InChI is InChI=1S/C23H24N6O6S2/c1-34-18-8-3-15(4-9-18)13-17-7-12-20(22(37(25,32)33)21(17)36(24,30)31)23-26-27-28-29(23)14-16-5-10-19(35-2)11-6-16/h3-12H,13-14H2,1-2H3,(H2,24,30,31)(H2,25,32,33). The van der Waals surface area contributed by atoms with Gasteiger partial charge in [-0.1, -0.05) is 30.3 Å². The van der Waals surface area contributed by atoms with Crippen LogP contribution in [-0.2, 0) is 33.0 Å². The maximum atomic E-state index is 12.8. The van der Waals surface area contributed by atoms with Crippen LogP contribution < -0.4 is 19.8 Å². The monoisotopic (exact) mass is 544 g/mol. The fraction of sp³-hybridized carbons (Fsp3) is 0.174. The lowest BCUT2D eigenvalue weighted by Gasteiger charge is -2.16. The van der Waals surface area contributed by atoms with Gasteiger partial charge in [0.1, 0.15) is 21.3 Å². The van der Waals surface area contributed by atoms with Crippen LogP contribution in [0.5, 0.6) is 11.5 Å². The minimum atomic E-state index is -4.60. The summed E-state index contributed by atoms with van der Waals surface area (Å²) in [6.07, 6.45) is 0.0648. The molecule has 0 saturated heterocycles. The van der Waals surface area contributed by atoms with Gasteiger partial charge in [-0.05, 0) is 63.9 Å². The van der Waals surface area contributed by atoms with Gasteiger partial charge in [0, 0.05) is 5.56 Å². The van der Waals surface area contributed by atoms with Crippen molar-refractivity contribution in [2.75, 3.05) is 14.2 Å². The topological polar surface area (TPSA) is 182 Å². The molecule has 4 N–H and O–H groups in total. The molecular formula is C23H24N6O6S2. The zero-order valence-electron chi connectivity index (χ0n) is 19.9. The van der Waals surface area contributed by atoms with Gasteiger partial charge in [-0.15, -0.1) is 5.10 Å². The Labute approximate surface area is 213 Å². The van der Waals surface area contributed by atoms with Crippen molar-refractivity contribution < 1.29 is 26.3 Å². The first-order valence-electron chi connectivity index (χ1n) is 10.7. The second-order valence-corrected chi connectivity index (χ2v) is 11.1. The Balaban J connectivity index is 1.86. The van der Waals surface area contributed by atoms with E-state index in [1.165, 1.54) is 23.9 Å². The zero-order valence-corrected chi connectivity index (χ0v) is 21.5. The van der Waals surface area contributed by atoms with Crippen molar-refractivity contribution in [3.8, 4) is 22.9 Å². The van der Waals surface area contributed by atoms with Crippen molar-refractivity contribution in [3.63, 3.8) is 0 Å². The molecule has 3 aromatic carbocycles. The van der Waals surface area contributed by atoms with Crippen molar-refractivity contribution >= 4 is 20.0 Å². The number of ether oxygens (including phenoxy) is 2. The molecule has 0 amide bonds. The molecule has 0 bridgehead atoms. The molecule has 0 aliphatic carbocycles. The van der Waals surface area contributed by atoms with Gasteiger partial charge >= 0.3 is 0 Å². The van der Waals surface area contributed by atoms with Gasteiger partial charge in [-0.2, -0.15) is 0 Å². The summed E-state index contributed by atoms with van der Waals surface area (Å²) >= 11 is 0. The summed E-state index contributed by atoms with van der Waals surface area (Å²) in [6, 6.07) is 16.8. The number of tetrazole rings is 1. The summed E-state index contributed by atoms with van der Waals surface area (Å²) in [7, 11) is -6.08. The summed E-state index contributed by atoms with van der Waals surface area (Å²) in [5, 5.41) is 22.6. The Bertz CT molecular complexity index is 1630. The van der Waals surface area contributed by atoms with E-state index in [0.29, 0.717) is 17.1 Å². The summed E-state index contributed by atoms with van der Waals surface area (Å²) < 4.78 is 62.7. The van der Waals surface area contributed by atoms with Gasteiger partial charge < -0.3 is 9.47 Å². The average molecular weight is 545 g/mol. The van der Waals surface area contributed by atoms with E-state index in [-0.39, 0.29) is 29.9 Å². The highest BCUT2D eigenvalue weighted by atomic mass is 32.2. The van der Waals surface area contributed by atoms with Crippen LogP contribution in [0.2, 0.25) is 0 Å². The Kier molecular flexibility index (Phi) is 7.27. The van der Waals surface area contributed by atoms with E-state index >= 15 is 0 Å². The Morgan fingerprint density at radius 3 is 1.81 bits per heavy atom. The molecule has 0 saturated carbocycles. The smallest absolute Gasteiger partial charge is 0.240 e. The number of sulfonamides is 2. The summed E-state index contributed by atoms with van der Waals surface area (Å²) in [5.41, 5.74) is 1.54. The van der Waals surface area contributed by atoms with Crippen LogP contribution in [0.25, 0.3) is 11.4 Å². The van der Waals surface area contributed by atoms with Crippen LogP contribution in [0.1, 0.15) is 16.7 Å². The molecule has 0 aliphatic heterocycles. The third kappa shape index (κ3) is 5.77. The first kappa shape index (κ1) is 26.2. The number of nitrogens with zero attached hydrogens (tertiary/aromatic N) is 4. The van der Waals surface area contributed by atoms with Crippen LogP contribution in [-0.4, -0.2) is 51.3 Å². The number of aromatic nitrogens is 4. The largest absolute Gasteiger partial charge is 0.497 e. The van der Waals surface area contributed by atoms with E-state index in [0.717, 1.165) is 5.56 Å². The number of hydrogen-bond donors (Lipinski definition) is 2. The molecule has 37 heavy (non-hydrogen) atoms. The lowest BCUT2D eigenvalue weighted by atomic mass is 10.0. The lowest BCUT2D eigenvalue weighted by Crippen LogP contribution is -2.24. The van der Waals surface area contributed by atoms with E-state index < -0.39 is 29.8 Å². The van der Waals surface area contributed by atoms with E-state index in [1.54, 1.807) is 55.6 Å². The van der Waals surface area contributed by atoms with Crippen LogP contribution in [0, 0.1) is 0 Å². The molecule has 0 atom stereocenters. The molecule has 0 unspecified atom stereocenters. The molecule has 4 aromatic rings. The third-order valence-corrected chi connectivity index (χ3v) is 7.74. The van der Waals surface area contributed by atoms with Gasteiger partial charge in [0.2, 0.25) is 20.0 Å². The normalized spacial score (nSPS) is 11.9. The fourth-order valence-corrected chi connectivity index (χ4v) is 6.31. The van der Waals surface area contributed by atoms with Crippen LogP contribution in [0.15, 0.2) is 70.5 Å². The molecular weight excluding hydrogens is 520 g/mol. The van der Waals surface area contributed by atoms with Crippen molar-refractivity contribution in [2.45, 2.75) is 22.8 Å². The molecule has 0 fully saturated rings. The van der Waals surface area contributed by atoms with Crippen LogP contribution in [0.4, 0.5) is 0 Å². The molecule has 1 heterocycles. The van der Waals surface area contributed by atoms with E-state index in [4.69, 9.17) is 19.8 Å². The van der Waals surface area contributed by atoms with Crippen molar-refractivity contribution in [2.24, 2.45) is 10.3 Å². The van der Waals surface area contributed by atoms with Gasteiger partial charge in [0.15, 0.2) is 5.82 Å². The van der Waals surface area contributed by atoms with Gasteiger partial charge in [0.05, 0.1) is 20.8 Å². The first-order valence-corrected chi connectivity index (χ1v) is 13.8. The van der Waals surface area contributed by atoms with E-state index in [2.05, 4.69) is 15.5 Å². The number of primary sulfonamides is 2. The number of benzene rings is 3. The molecule has 0 spiro atoms. The molecule has 1 aromatic heterocycles. The molecule has 0 aliphatic rings. The molecule has 194 valence electrons. The minimum Gasteiger partial charge on any atom is -0.497 e. The third-order valence-electron chi connectivity index (χ3n) is 5.58. The maximum absolute atomic E-state index is 12.8. The second-order valence-electron chi connectivity index (χ2n) is 8.05. The van der Waals surface area contributed by atoms with Crippen molar-refractivity contribution in [1.82, 2.24) is 20.2 Å². The summed E-state index contributed by atoms with van der Waals surface area (Å²) in [6.45, 7) is 0.161. The quantitative estimate of drug-likeness (QED) is 0.313. The summed E-state index contributed by atoms with van der Waals surface area (Å²) in [5.74, 6) is 1.27. The fourth-order valence-electron chi connectivity index (χ4n) is 3.88. The van der Waals surface area contributed by atoms with Gasteiger partial charge in [0.25, 0.3) is 0 Å². The lowest BCUT2D eigenvalue weighted by molar-refractivity contribution is 0.414. The predicted molar refractivity (Wildman–Crippen MR) is 134 cm³/mol. The predicted octanol–water partition coefficient (Wildman–Crippen LogP) is 1.29. The first-order chi connectivity index (χ1) is 17.5. The molecule has 0 radical (unpaired) electrons. The molecule has 12 nitrogen and oxygen atoms in total. The van der Waals surface area contributed by atoms with E-state index in [9.17, 15) is 16.8 Å². The second kappa shape index (κ2) is 10.3. The van der Waals surface area contributed by atoms with Crippen molar-refractivity contribution in [3.05, 3.63) is 77.4 Å². The Hall–Kier alpha value is -3.85. The summed E-state index contributed by atoms with van der Waals surface area (Å²) in [4.78, 5) is -1.28. The highest BCUT2D eigenvalue weighted by Crippen LogP contribution is 2.34. The van der Waals surface area contributed by atoms with Crippen LogP contribution in [0.3, 0.4) is 0 Å². The highest BCUT2D eigenvalue weighted by Gasteiger charge is 2.31. The number of rotatable bonds is 9. The number of methoxy groups -OCH3 is 2. The highest BCUT2D eigenvalue weighted by molar-refractivity contribution is 7.92. The SMILES string of the molecule is COc1ccc(Cc2ccc(-c3nnnn3Cc3ccc(OC)cc3)c(S(N)(=O)=O)c2S(N)(=O)=O)cc1. The van der Waals surface area contributed by atoms with Gasteiger partial charge in [-0.3, -0.25) is 0 Å². The zero-order chi connectivity index (χ0) is 26.8.